The third kappa shape index (κ3) is 2.12. The van der Waals surface area contributed by atoms with Gasteiger partial charge in [-0.15, -0.1) is 0 Å². The molecule has 15 heavy (non-hydrogen) atoms. The van der Waals surface area contributed by atoms with E-state index < -0.39 is 0 Å². The lowest BCUT2D eigenvalue weighted by atomic mass is 10.3. The highest BCUT2D eigenvalue weighted by molar-refractivity contribution is 5.89. The van der Waals surface area contributed by atoms with Gasteiger partial charge >= 0.3 is 5.97 Å². The molecule has 2 heterocycles. The van der Waals surface area contributed by atoms with Crippen LogP contribution in [0, 0.1) is 0 Å². The number of esters is 1. The molecule has 0 spiro atoms. The molecule has 1 unspecified atom stereocenters. The molecule has 1 saturated heterocycles. The second-order valence-corrected chi connectivity index (χ2v) is 3.66. The Hall–Kier alpha value is -1.49. The van der Waals surface area contributed by atoms with Crippen molar-refractivity contribution in [2.45, 2.75) is 12.5 Å². The molecule has 1 aromatic heterocycles. The highest BCUT2D eigenvalue weighted by Gasteiger charge is 2.22. The molecule has 0 aromatic carbocycles. The van der Waals surface area contributed by atoms with Crippen LogP contribution in [0.2, 0.25) is 0 Å². The van der Waals surface area contributed by atoms with E-state index in [9.17, 15) is 4.79 Å². The molecule has 0 bridgehead atoms. The van der Waals surface area contributed by atoms with Crippen LogP contribution in [0.3, 0.4) is 0 Å². The number of ether oxygens (including phenoxy) is 2. The zero-order valence-electron chi connectivity index (χ0n) is 8.60. The molecule has 1 aromatic rings. The van der Waals surface area contributed by atoms with Crippen LogP contribution >= 0.6 is 0 Å². The first-order chi connectivity index (χ1) is 7.16. The fourth-order valence-electron chi connectivity index (χ4n) is 1.61. The van der Waals surface area contributed by atoms with E-state index in [0.29, 0.717) is 24.6 Å². The van der Waals surface area contributed by atoms with Gasteiger partial charge in [0.2, 0.25) is 0 Å². The van der Waals surface area contributed by atoms with Gasteiger partial charge in [-0.2, -0.15) is 0 Å². The van der Waals surface area contributed by atoms with Crippen LogP contribution in [0.5, 0.6) is 0 Å². The standard InChI is InChI=1S/C10H14N2O3/c1-12-5-7(11)4-9(12)10(13)15-8-2-3-14-6-8/h4-5,8H,2-3,6,11H2,1H3. The predicted octanol–water partition coefficient (Wildman–Crippen LogP) is 0.553. The first kappa shape index (κ1) is 10.0. The lowest BCUT2D eigenvalue weighted by Crippen LogP contribution is -2.19. The maximum atomic E-state index is 11.7. The Bertz CT molecular complexity index is 367. The van der Waals surface area contributed by atoms with Crippen LogP contribution in [-0.4, -0.2) is 29.9 Å². The maximum absolute atomic E-state index is 11.7. The SMILES string of the molecule is Cn1cc(N)cc1C(=O)OC1CCOC1. The first-order valence-electron chi connectivity index (χ1n) is 4.87. The van der Waals surface area contributed by atoms with Crippen LogP contribution in [-0.2, 0) is 16.5 Å². The van der Waals surface area contributed by atoms with Crippen LogP contribution in [0.15, 0.2) is 12.3 Å². The van der Waals surface area contributed by atoms with E-state index in [1.54, 1.807) is 23.9 Å². The maximum Gasteiger partial charge on any atom is 0.355 e. The van der Waals surface area contributed by atoms with Crippen molar-refractivity contribution in [1.82, 2.24) is 4.57 Å². The van der Waals surface area contributed by atoms with E-state index >= 15 is 0 Å². The largest absolute Gasteiger partial charge is 0.455 e. The number of carbonyl (C=O) groups excluding carboxylic acids is 1. The number of hydrogen-bond donors (Lipinski definition) is 1. The third-order valence-corrected chi connectivity index (χ3v) is 2.40. The van der Waals surface area contributed by atoms with E-state index in [4.69, 9.17) is 15.2 Å². The van der Waals surface area contributed by atoms with Crippen molar-refractivity contribution in [2.24, 2.45) is 7.05 Å². The molecule has 1 aliphatic heterocycles. The Morgan fingerprint density at radius 3 is 3.07 bits per heavy atom. The van der Waals surface area contributed by atoms with Gasteiger partial charge in [0.05, 0.1) is 18.9 Å². The van der Waals surface area contributed by atoms with E-state index in [-0.39, 0.29) is 12.1 Å². The summed E-state index contributed by atoms with van der Waals surface area (Å²) in [5, 5.41) is 0. The second kappa shape index (κ2) is 3.94. The monoisotopic (exact) mass is 210 g/mol. The number of nitrogen functional groups attached to an aromatic ring is 1. The van der Waals surface area contributed by atoms with Crippen molar-refractivity contribution in [3.63, 3.8) is 0 Å². The molecule has 1 atom stereocenters. The highest BCUT2D eigenvalue weighted by atomic mass is 16.6. The second-order valence-electron chi connectivity index (χ2n) is 3.66. The summed E-state index contributed by atoms with van der Waals surface area (Å²) in [6, 6.07) is 1.61. The fourth-order valence-corrected chi connectivity index (χ4v) is 1.61. The summed E-state index contributed by atoms with van der Waals surface area (Å²) >= 11 is 0. The van der Waals surface area contributed by atoms with Gasteiger partial charge in [-0.1, -0.05) is 0 Å². The molecule has 5 nitrogen and oxygen atoms in total. The summed E-state index contributed by atoms with van der Waals surface area (Å²) in [6.07, 6.45) is 2.33. The molecule has 82 valence electrons. The van der Waals surface area contributed by atoms with E-state index in [1.807, 2.05) is 0 Å². The van der Waals surface area contributed by atoms with Gasteiger partial charge in [0.25, 0.3) is 0 Å². The van der Waals surface area contributed by atoms with E-state index in [1.165, 1.54) is 0 Å². The van der Waals surface area contributed by atoms with Crippen molar-refractivity contribution in [1.29, 1.82) is 0 Å². The van der Waals surface area contributed by atoms with Crippen LogP contribution in [0.4, 0.5) is 5.69 Å². The number of anilines is 1. The van der Waals surface area contributed by atoms with Crippen LogP contribution < -0.4 is 5.73 Å². The van der Waals surface area contributed by atoms with Gasteiger partial charge in [0, 0.05) is 19.7 Å². The predicted molar refractivity (Wildman–Crippen MR) is 54.5 cm³/mol. The Morgan fingerprint density at radius 2 is 2.53 bits per heavy atom. The van der Waals surface area contributed by atoms with Crippen LogP contribution in [0.1, 0.15) is 16.9 Å². The Kier molecular flexibility index (Phi) is 2.64. The molecule has 0 amide bonds. The number of carbonyl (C=O) groups is 1. The Labute approximate surface area is 87.8 Å². The lowest BCUT2D eigenvalue weighted by Gasteiger charge is -2.09. The highest BCUT2D eigenvalue weighted by Crippen LogP contribution is 2.14. The quantitative estimate of drug-likeness (QED) is 0.724. The van der Waals surface area contributed by atoms with Crippen molar-refractivity contribution in [3.05, 3.63) is 18.0 Å². The lowest BCUT2D eigenvalue weighted by molar-refractivity contribution is 0.0260. The van der Waals surface area contributed by atoms with Gasteiger partial charge in [-0.3, -0.25) is 0 Å². The summed E-state index contributed by atoms with van der Waals surface area (Å²) < 4.78 is 12.0. The summed E-state index contributed by atoms with van der Waals surface area (Å²) in [7, 11) is 1.76. The zero-order valence-corrected chi connectivity index (χ0v) is 8.60. The Balaban J connectivity index is 2.03. The van der Waals surface area contributed by atoms with Gasteiger partial charge in [0.15, 0.2) is 0 Å². The minimum Gasteiger partial charge on any atom is -0.455 e. The fraction of sp³-hybridized carbons (Fsp3) is 0.500. The van der Waals surface area contributed by atoms with Crippen molar-refractivity contribution < 1.29 is 14.3 Å². The minimum absolute atomic E-state index is 0.117. The van der Waals surface area contributed by atoms with Gasteiger partial charge in [-0.25, -0.2) is 4.79 Å². The molecule has 1 aliphatic rings. The molecule has 0 radical (unpaired) electrons. The van der Waals surface area contributed by atoms with Crippen molar-refractivity contribution in [2.75, 3.05) is 18.9 Å². The number of rotatable bonds is 2. The average molecular weight is 210 g/mol. The molecule has 2 N–H and O–H groups in total. The Morgan fingerprint density at radius 1 is 1.73 bits per heavy atom. The molecule has 0 aliphatic carbocycles. The molecular weight excluding hydrogens is 196 g/mol. The van der Waals surface area contributed by atoms with E-state index in [0.717, 1.165) is 6.42 Å². The topological polar surface area (TPSA) is 66.5 Å². The number of aromatic nitrogens is 1. The van der Waals surface area contributed by atoms with Gasteiger partial charge < -0.3 is 19.8 Å². The summed E-state index contributed by atoms with van der Waals surface area (Å²) in [6.45, 7) is 1.15. The number of hydrogen-bond acceptors (Lipinski definition) is 4. The molecule has 5 heteroatoms. The first-order valence-corrected chi connectivity index (χ1v) is 4.87. The van der Waals surface area contributed by atoms with Crippen molar-refractivity contribution >= 4 is 11.7 Å². The van der Waals surface area contributed by atoms with Crippen LogP contribution in [0.25, 0.3) is 0 Å². The normalized spacial score (nSPS) is 20.5. The number of nitrogens with zero attached hydrogens (tertiary/aromatic N) is 1. The summed E-state index contributed by atoms with van der Waals surface area (Å²) in [4.78, 5) is 11.7. The zero-order chi connectivity index (χ0) is 10.8. The summed E-state index contributed by atoms with van der Waals surface area (Å²) in [5.41, 5.74) is 6.61. The van der Waals surface area contributed by atoms with Crippen molar-refractivity contribution in [3.8, 4) is 0 Å². The summed E-state index contributed by atoms with van der Waals surface area (Å²) in [5.74, 6) is -0.343. The molecule has 1 fully saturated rings. The van der Waals surface area contributed by atoms with Gasteiger partial charge in [0.1, 0.15) is 11.8 Å². The number of nitrogens with two attached hydrogens (primary N) is 1. The van der Waals surface area contributed by atoms with E-state index in [2.05, 4.69) is 0 Å². The average Bonchev–Trinajstić information content (AvgIpc) is 2.75. The molecule has 0 saturated carbocycles. The smallest absolute Gasteiger partial charge is 0.355 e. The molecular formula is C10H14N2O3. The minimum atomic E-state index is -0.343. The molecule has 2 rings (SSSR count). The third-order valence-electron chi connectivity index (χ3n) is 2.40. The number of aryl methyl sites for hydroxylation is 1. The van der Waals surface area contributed by atoms with Gasteiger partial charge in [-0.05, 0) is 6.07 Å².